The molecule has 8 heteroatoms. The molecule has 3 aromatic carbocycles. The van der Waals surface area contributed by atoms with Gasteiger partial charge in [-0.2, -0.15) is 0 Å². The van der Waals surface area contributed by atoms with E-state index in [9.17, 15) is 9.59 Å². The molecule has 0 bridgehead atoms. The quantitative estimate of drug-likeness (QED) is 0.470. The summed E-state index contributed by atoms with van der Waals surface area (Å²) in [6, 6.07) is 20.5. The lowest BCUT2D eigenvalue weighted by molar-refractivity contribution is -0.118. The van der Waals surface area contributed by atoms with Crippen LogP contribution >= 0.6 is 11.6 Å². The minimum atomic E-state index is -0.217. The Balaban J connectivity index is 1.27. The van der Waals surface area contributed by atoms with Crippen LogP contribution in [0.25, 0.3) is 0 Å². The lowest BCUT2D eigenvalue weighted by Crippen LogP contribution is -2.48. The van der Waals surface area contributed by atoms with Gasteiger partial charge < -0.3 is 24.6 Å². The summed E-state index contributed by atoms with van der Waals surface area (Å²) in [5.74, 6) is 0.884. The minimum absolute atomic E-state index is 0.0549. The van der Waals surface area contributed by atoms with Gasteiger partial charge in [0.15, 0.2) is 6.61 Å². The number of amides is 2. The van der Waals surface area contributed by atoms with Crippen LogP contribution in [0.5, 0.6) is 11.5 Å². The van der Waals surface area contributed by atoms with Crippen molar-refractivity contribution in [1.29, 1.82) is 0 Å². The predicted molar refractivity (Wildman–Crippen MR) is 143 cm³/mol. The maximum absolute atomic E-state index is 13.0. The van der Waals surface area contributed by atoms with Crippen molar-refractivity contribution >= 4 is 34.8 Å². The molecule has 4 rings (SSSR count). The van der Waals surface area contributed by atoms with Gasteiger partial charge in [0.2, 0.25) is 0 Å². The smallest absolute Gasteiger partial charge is 0.262 e. The maximum atomic E-state index is 13.0. The van der Waals surface area contributed by atoms with Crippen molar-refractivity contribution in [3.63, 3.8) is 0 Å². The van der Waals surface area contributed by atoms with E-state index in [4.69, 9.17) is 21.1 Å². The third-order valence-corrected chi connectivity index (χ3v) is 6.41. The molecule has 1 aliphatic heterocycles. The number of ether oxygens (including phenoxy) is 2. The fourth-order valence-electron chi connectivity index (χ4n) is 4.11. The van der Waals surface area contributed by atoms with E-state index in [2.05, 4.69) is 17.1 Å². The zero-order chi connectivity index (χ0) is 25.5. The van der Waals surface area contributed by atoms with Crippen LogP contribution in [0.4, 0.5) is 11.4 Å². The van der Waals surface area contributed by atoms with Gasteiger partial charge in [0.05, 0.1) is 12.7 Å². The first kappa shape index (κ1) is 25.4. The van der Waals surface area contributed by atoms with Gasteiger partial charge in [0.1, 0.15) is 11.5 Å². The Morgan fingerprint density at radius 2 is 1.64 bits per heavy atom. The number of nitrogens with one attached hydrogen (secondary N) is 1. The molecule has 1 heterocycles. The molecule has 0 radical (unpaired) electrons. The molecule has 0 unspecified atom stereocenters. The summed E-state index contributed by atoms with van der Waals surface area (Å²) < 4.78 is 10.9. The Morgan fingerprint density at radius 3 is 2.28 bits per heavy atom. The van der Waals surface area contributed by atoms with Gasteiger partial charge in [-0.15, -0.1) is 0 Å². The van der Waals surface area contributed by atoms with E-state index < -0.39 is 0 Å². The molecule has 7 nitrogen and oxygen atoms in total. The molecule has 36 heavy (non-hydrogen) atoms. The van der Waals surface area contributed by atoms with Crippen molar-refractivity contribution in [2.75, 3.05) is 50.1 Å². The average Bonchev–Trinajstić information content (AvgIpc) is 2.92. The molecule has 0 aromatic heterocycles. The highest BCUT2D eigenvalue weighted by Crippen LogP contribution is 2.26. The summed E-state index contributed by atoms with van der Waals surface area (Å²) in [4.78, 5) is 29.3. The molecule has 1 N–H and O–H groups in total. The molecule has 0 spiro atoms. The maximum Gasteiger partial charge on any atom is 0.262 e. The number of hydrogen-bond acceptors (Lipinski definition) is 5. The number of rotatable bonds is 8. The van der Waals surface area contributed by atoms with E-state index in [0.717, 1.165) is 12.1 Å². The summed E-state index contributed by atoms with van der Waals surface area (Å²) in [6.45, 7) is 4.61. The second-order valence-electron chi connectivity index (χ2n) is 8.51. The molecule has 0 atom stereocenters. The first-order valence-corrected chi connectivity index (χ1v) is 12.3. The number of methoxy groups -OCH3 is 1. The monoisotopic (exact) mass is 507 g/mol. The van der Waals surface area contributed by atoms with Crippen LogP contribution < -0.4 is 19.7 Å². The fraction of sp³-hybridized carbons (Fsp3) is 0.286. The molecule has 0 saturated carbocycles. The normalized spacial score (nSPS) is 13.3. The molecule has 1 saturated heterocycles. The van der Waals surface area contributed by atoms with Gasteiger partial charge in [0.25, 0.3) is 11.8 Å². The van der Waals surface area contributed by atoms with Crippen LogP contribution in [0, 0.1) is 0 Å². The number of nitrogens with zero attached hydrogens (tertiary/aromatic N) is 2. The first-order valence-electron chi connectivity index (χ1n) is 12.0. The molecule has 0 aliphatic carbocycles. The van der Waals surface area contributed by atoms with Crippen molar-refractivity contribution in [2.45, 2.75) is 13.3 Å². The number of benzene rings is 3. The van der Waals surface area contributed by atoms with Crippen LogP contribution in [-0.2, 0) is 11.2 Å². The van der Waals surface area contributed by atoms with Crippen LogP contribution in [0.2, 0.25) is 5.02 Å². The minimum Gasteiger partial charge on any atom is -0.496 e. The van der Waals surface area contributed by atoms with E-state index in [1.54, 1.807) is 25.3 Å². The molecule has 1 aliphatic rings. The Bertz CT molecular complexity index is 1190. The predicted octanol–water partition coefficient (Wildman–Crippen LogP) is 4.89. The van der Waals surface area contributed by atoms with Crippen molar-refractivity contribution < 1.29 is 19.1 Å². The number of piperazine rings is 1. The topological polar surface area (TPSA) is 71.1 Å². The molecule has 3 aromatic rings. The zero-order valence-electron chi connectivity index (χ0n) is 20.5. The molecule has 2 amide bonds. The second kappa shape index (κ2) is 11.8. The summed E-state index contributed by atoms with van der Waals surface area (Å²) in [5, 5.41) is 3.36. The van der Waals surface area contributed by atoms with Crippen LogP contribution in [0.1, 0.15) is 22.8 Å². The van der Waals surface area contributed by atoms with Crippen LogP contribution in [0.15, 0.2) is 66.7 Å². The van der Waals surface area contributed by atoms with Crippen molar-refractivity contribution in [3.05, 3.63) is 82.9 Å². The highest BCUT2D eigenvalue weighted by Gasteiger charge is 2.24. The largest absolute Gasteiger partial charge is 0.496 e. The Labute approximate surface area is 216 Å². The van der Waals surface area contributed by atoms with Crippen molar-refractivity contribution in [2.24, 2.45) is 0 Å². The standard InChI is InChI=1S/C28H30ClN3O4/c1-3-20-4-11-24(12-5-20)36-19-27(33)30-22-7-9-23(10-8-22)31-14-16-32(17-15-31)28(34)25-18-21(29)6-13-26(25)35-2/h4-13,18H,3,14-17,19H2,1-2H3,(H,30,33). The van der Waals surface area contributed by atoms with Crippen LogP contribution in [0.3, 0.4) is 0 Å². The molecular weight excluding hydrogens is 478 g/mol. The van der Waals surface area contributed by atoms with Gasteiger partial charge >= 0.3 is 0 Å². The van der Waals surface area contributed by atoms with Gasteiger partial charge in [-0.1, -0.05) is 30.7 Å². The zero-order valence-corrected chi connectivity index (χ0v) is 21.3. The van der Waals surface area contributed by atoms with Gasteiger partial charge in [-0.3, -0.25) is 9.59 Å². The fourth-order valence-corrected chi connectivity index (χ4v) is 4.28. The van der Waals surface area contributed by atoms with E-state index in [-0.39, 0.29) is 18.4 Å². The Hall–Kier alpha value is -3.71. The van der Waals surface area contributed by atoms with Crippen molar-refractivity contribution in [1.82, 2.24) is 4.90 Å². The third-order valence-electron chi connectivity index (χ3n) is 6.18. The van der Waals surface area contributed by atoms with E-state index in [1.165, 1.54) is 5.56 Å². The summed E-state index contributed by atoms with van der Waals surface area (Å²) >= 11 is 6.09. The number of anilines is 2. The first-order chi connectivity index (χ1) is 17.5. The number of aryl methyl sites for hydroxylation is 1. The SMILES string of the molecule is CCc1ccc(OCC(=O)Nc2ccc(N3CCN(C(=O)c4cc(Cl)ccc4OC)CC3)cc2)cc1. The van der Waals surface area contributed by atoms with Gasteiger partial charge in [-0.25, -0.2) is 0 Å². The van der Waals surface area contributed by atoms with Gasteiger partial charge in [0, 0.05) is 42.6 Å². The third kappa shape index (κ3) is 6.29. The number of carbonyl (C=O) groups excluding carboxylic acids is 2. The summed E-state index contributed by atoms with van der Waals surface area (Å²) in [6.07, 6.45) is 0.961. The molecular formula is C28H30ClN3O4. The van der Waals surface area contributed by atoms with E-state index in [0.29, 0.717) is 54.0 Å². The second-order valence-corrected chi connectivity index (χ2v) is 8.94. The Kier molecular flexibility index (Phi) is 8.33. The van der Waals surface area contributed by atoms with Gasteiger partial charge in [-0.05, 0) is 66.6 Å². The number of halogens is 1. The number of carbonyl (C=O) groups is 2. The van der Waals surface area contributed by atoms with E-state index in [1.807, 2.05) is 53.4 Å². The van der Waals surface area contributed by atoms with E-state index >= 15 is 0 Å². The highest BCUT2D eigenvalue weighted by atomic mass is 35.5. The summed E-state index contributed by atoms with van der Waals surface area (Å²) in [7, 11) is 1.54. The highest BCUT2D eigenvalue weighted by molar-refractivity contribution is 6.31. The molecule has 188 valence electrons. The number of hydrogen-bond donors (Lipinski definition) is 1. The lowest BCUT2D eigenvalue weighted by atomic mass is 10.1. The lowest BCUT2D eigenvalue weighted by Gasteiger charge is -2.36. The summed E-state index contributed by atoms with van der Waals surface area (Å²) in [5.41, 5.74) is 3.44. The Morgan fingerprint density at radius 1 is 0.944 bits per heavy atom. The molecule has 1 fully saturated rings. The van der Waals surface area contributed by atoms with Crippen molar-refractivity contribution in [3.8, 4) is 11.5 Å². The van der Waals surface area contributed by atoms with Crippen LogP contribution in [-0.4, -0.2) is 56.6 Å². The average molecular weight is 508 g/mol.